The molecule has 0 spiro atoms. The van der Waals surface area contributed by atoms with Crippen molar-refractivity contribution in [2.45, 2.75) is 20.4 Å². The molecular formula is C16H17N3O2. The Morgan fingerprint density at radius 1 is 1.24 bits per heavy atom. The highest BCUT2D eigenvalue weighted by Crippen LogP contribution is 2.14. The van der Waals surface area contributed by atoms with E-state index in [1.807, 2.05) is 38.1 Å². The molecule has 5 nitrogen and oxygen atoms in total. The van der Waals surface area contributed by atoms with Gasteiger partial charge in [-0.15, -0.1) is 0 Å². The van der Waals surface area contributed by atoms with Crippen LogP contribution < -0.4 is 5.32 Å². The minimum absolute atomic E-state index is 0.190. The molecule has 3 aromatic rings. The summed E-state index contributed by atoms with van der Waals surface area (Å²) in [7, 11) is 0. The Labute approximate surface area is 122 Å². The molecule has 0 saturated carbocycles. The van der Waals surface area contributed by atoms with Crippen molar-refractivity contribution >= 4 is 16.9 Å². The number of aryl methyl sites for hydroxylation is 2. The molecule has 0 unspecified atom stereocenters. The van der Waals surface area contributed by atoms with Gasteiger partial charge < -0.3 is 14.3 Å². The molecule has 0 bridgehead atoms. The van der Waals surface area contributed by atoms with E-state index in [9.17, 15) is 4.79 Å². The second-order valence-electron chi connectivity index (χ2n) is 4.97. The molecule has 1 aromatic carbocycles. The monoisotopic (exact) mass is 283 g/mol. The minimum atomic E-state index is -0.190. The zero-order valence-electron chi connectivity index (χ0n) is 12.1. The predicted octanol–water partition coefficient (Wildman–Crippen LogP) is 2.68. The summed E-state index contributed by atoms with van der Waals surface area (Å²) in [6.45, 7) is 4.99. The molecule has 0 atom stereocenters. The highest BCUT2D eigenvalue weighted by Gasteiger charge is 2.10. The molecular weight excluding hydrogens is 266 g/mol. The van der Waals surface area contributed by atoms with Crippen LogP contribution in [0.4, 0.5) is 0 Å². The fourth-order valence-electron chi connectivity index (χ4n) is 2.40. The molecule has 5 heteroatoms. The number of hydrogen-bond donors (Lipinski definition) is 1. The van der Waals surface area contributed by atoms with E-state index in [0.29, 0.717) is 18.8 Å². The zero-order chi connectivity index (χ0) is 14.8. The van der Waals surface area contributed by atoms with Crippen LogP contribution in [0.5, 0.6) is 0 Å². The van der Waals surface area contributed by atoms with E-state index in [1.54, 1.807) is 12.1 Å². The first-order chi connectivity index (χ1) is 10.1. The van der Waals surface area contributed by atoms with Crippen LogP contribution >= 0.6 is 0 Å². The minimum Gasteiger partial charge on any atom is -0.456 e. The number of imidazole rings is 1. The average molecular weight is 283 g/mol. The predicted molar refractivity (Wildman–Crippen MR) is 80.2 cm³/mol. The highest BCUT2D eigenvalue weighted by atomic mass is 16.3. The van der Waals surface area contributed by atoms with E-state index < -0.39 is 0 Å². The number of carbonyl (C=O) groups excluding carboxylic acids is 1. The van der Waals surface area contributed by atoms with Crippen molar-refractivity contribution in [1.29, 1.82) is 0 Å². The maximum atomic E-state index is 11.9. The lowest BCUT2D eigenvalue weighted by atomic mass is 10.3. The van der Waals surface area contributed by atoms with Crippen LogP contribution in [-0.4, -0.2) is 22.0 Å². The van der Waals surface area contributed by atoms with Crippen LogP contribution in [0.1, 0.15) is 22.1 Å². The first-order valence-electron chi connectivity index (χ1n) is 6.91. The van der Waals surface area contributed by atoms with Crippen LogP contribution in [-0.2, 0) is 6.54 Å². The molecule has 0 saturated heterocycles. The quantitative estimate of drug-likeness (QED) is 0.800. The van der Waals surface area contributed by atoms with Gasteiger partial charge in [0.2, 0.25) is 0 Å². The largest absolute Gasteiger partial charge is 0.456 e. The van der Waals surface area contributed by atoms with Gasteiger partial charge in [0.1, 0.15) is 11.6 Å². The number of aromatic nitrogens is 2. The summed E-state index contributed by atoms with van der Waals surface area (Å²) in [5, 5.41) is 2.86. The van der Waals surface area contributed by atoms with E-state index in [2.05, 4.69) is 14.9 Å². The number of amides is 1. The Balaban J connectivity index is 1.67. The summed E-state index contributed by atoms with van der Waals surface area (Å²) in [5.41, 5.74) is 2.06. The van der Waals surface area contributed by atoms with Gasteiger partial charge in [-0.3, -0.25) is 4.79 Å². The summed E-state index contributed by atoms with van der Waals surface area (Å²) in [6.07, 6.45) is 0. The van der Waals surface area contributed by atoms with Gasteiger partial charge in [-0.1, -0.05) is 12.1 Å². The van der Waals surface area contributed by atoms with E-state index in [1.165, 1.54) is 0 Å². The lowest BCUT2D eigenvalue weighted by molar-refractivity contribution is 0.0923. The van der Waals surface area contributed by atoms with Gasteiger partial charge in [0.15, 0.2) is 5.76 Å². The van der Waals surface area contributed by atoms with E-state index in [4.69, 9.17) is 4.42 Å². The maximum absolute atomic E-state index is 11.9. The van der Waals surface area contributed by atoms with Crippen molar-refractivity contribution in [2.24, 2.45) is 0 Å². The third-order valence-electron chi connectivity index (χ3n) is 3.43. The smallest absolute Gasteiger partial charge is 0.287 e. The van der Waals surface area contributed by atoms with Crippen molar-refractivity contribution < 1.29 is 9.21 Å². The molecule has 1 N–H and O–H groups in total. The average Bonchev–Trinajstić information content (AvgIpc) is 3.03. The third kappa shape index (κ3) is 2.67. The van der Waals surface area contributed by atoms with Gasteiger partial charge in [-0.05, 0) is 38.1 Å². The van der Waals surface area contributed by atoms with Crippen molar-refractivity contribution in [3.8, 4) is 0 Å². The summed E-state index contributed by atoms with van der Waals surface area (Å²) < 4.78 is 7.40. The fourth-order valence-corrected chi connectivity index (χ4v) is 2.40. The lowest BCUT2D eigenvalue weighted by Crippen LogP contribution is -2.27. The number of nitrogens with zero attached hydrogens (tertiary/aromatic N) is 2. The SMILES string of the molecule is Cc1ccc(C(=O)NCCn2c(C)nc3ccccc32)o1. The van der Waals surface area contributed by atoms with Gasteiger partial charge in [0.05, 0.1) is 11.0 Å². The normalized spacial score (nSPS) is 11.0. The molecule has 0 aliphatic heterocycles. The van der Waals surface area contributed by atoms with Crippen molar-refractivity contribution in [3.63, 3.8) is 0 Å². The molecule has 0 fully saturated rings. The number of fused-ring (bicyclic) bond motifs is 1. The molecule has 0 aliphatic rings. The molecule has 21 heavy (non-hydrogen) atoms. The Kier molecular flexibility index (Phi) is 3.48. The van der Waals surface area contributed by atoms with Gasteiger partial charge in [-0.2, -0.15) is 0 Å². The van der Waals surface area contributed by atoms with Crippen LogP contribution in [0, 0.1) is 13.8 Å². The standard InChI is InChI=1S/C16H17N3O2/c1-11-7-8-15(21-11)16(20)17-9-10-19-12(2)18-13-5-3-4-6-14(13)19/h3-8H,9-10H2,1-2H3,(H,17,20). The first-order valence-corrected chi connectivity index (χ1v) is 6.91. The molecule has 3 rings (SSSR count). The number of para-hydroxylation sites is 2. The third-order valence-corrected chi connectivity index (χ3v) is 3.43. The fraction of sp³-hybridized carbons (Fsp3) is 0.250. The Morgan fingerprint density at radius 2 is 2.05 bits per heavy atom. The Hall–Kier alpha value is -2.56. The molecule has 0 aliphatic carbocycles. The number of benzene rings is 1. The molecule has 108 valence electrons. The van der Waals surface area contributed by atoms with Crippen LogP contribution in [0.25, 0.3) is 11.0 Å². The second-order valence-corrected chi connectivity index (χ2v) is 4.97. The van der Waals surface area contributed by atoms with E-state index >= 15 is 0 Å². The Morgan fingerprint density at radius 3 is 2.81 bits per heavy atom. The number of hydrogen-bond acceptors (Lipinski definition) is 3. The lowest BCUT2D eigenvalue weighted by Gasteiger charge is -2.07. The molecule has 0 radical (unpaired) electrons. The Bertz CT molecular complexity index is 786. The van der Waals surface area contributed by atoms with Gasteiger partial charge >= 0.3 is 0 Å². The van der Waals surface area contributed by atoms with Crippen LogP contribution in [0.3, 0.4) is 0 Å². The van der Waals surface area contributed by atoms with E-state index in [-0.39, 0.29) is 5.91 Å². The van der Waals surface area contributed by atoms with Crippen molar-refractivity contribution in [2.75, 3.05) is 6.54 Å². The summed E-state index contributed by atoms with van der Waals surface area (Å²) in [6, 6.07) is 11.4. The number of furan rings is 1. The van der Waals surface area contributed by atoms with E-state index in [0.717, 1.165) is 22.6 Å². The second kappa shape index (κ2) is 5.44. The molecule has 2 aromatic heterocycles. The van der Waals surface area contributed by atoms with Crippen LogP contribution in [0.15, 0.2) is 40.8 Å². The van der Waals surface area contributed by atoms with Crippen LogP contribution in [0.2, 0.25) is 0 Å². The van der Waals surface area contributed by atoms with Gasteiger partial charge in [-0.25, -0.2) is 4.98 Å². The van der Waals surface area contributed by atoms with Crippen molar-refractivity contribution in [3.05, 3.63) is 53.7 Å². The summed E-state index contributed by atoms with van der Waals surface area (Å²) in [5.74, 6) is 1.83. The van der Waals surface area contributed by atoms with Gasteiger partial charge in [0, 0.05) is 13.1 Å². The molecule has 2 heterocycles. The summed E-state index contributed by atoms with van der Waals surface area (Å²) in [4.78, 5) is 16.4. The zero-order valence-corrected chi connectivity index (χ0v) is 12.1. The number of carbonyl (C=O) groups is 1. The summed E-state index contributed by atoms with van der Waals surface area (Å²) >= 11 is 0. The maximum Gasteiger partial charge on any atom is 0.287 e. The van der Waals surface area contributed by atoms with Crippen molar-refractivity contribution in [1.82, 2.24) is 14.9 Å². The van der Waals surface area contributed by atoms with Gasteiger partial charge in [0.25, 0.3) is 5.91 Å². The number of rotatable bonds is 4. The topological polar surface area (TPSA) is 60.1 Å². The first kappa shape index (κ1) is 13.4. The number of nitrogens with one attached hydrogen (secondary N) is 1. The molecule has 1 amide bonds. The highest BCUT2D eigenvalue weighted by molar-refractivity contribution is 5.91.